The first-order valence-corrected chi connectivity index (χ1v) is 7.01. The number of hydrogen-bond acceptors (Lipinski definition) is 5. The Labute approximate surface area is 112 Å². The first kappa shape index (κ1) is 14.9. The van der Waals surface area contributed by atoms with Gasteiger partial charge in [-0.3, -0.25) is 4.79 Å². The second kappa shape index (κ2) is 7.33. The summed E-state index contributed by atoms with van der Waals surface area (Å²) in [4.78, 5) is 19.5. The lowest BCUT2D eigenvalue weighted by atomic mass is 9.98. The van der Waals surface area contributed by atoms with E-state index < -0.39 is 5.54 Å². The molecule has 1 amide bonds. The molecule has 6 heteroatoms. The zero-order valence-electron chi connectivity index (χ0n) is 10.8. The molecule has 1 aromatic rings. The largest absolute Gasteiger partial charge is 0.368 e. The van der Waals surface area contributed by atoms with E-state index in [0.29, 0.717) is 6.42 Å². The van der Waals surface area contributed by atoms with Gasteiger partial charge in [-0.15, -0.1) is 11.8 Å². The van der Waals surface area contributed by atoms with Crippen molar-refractivity contribution < 1.29 is 4.79 Å². The predicted molar refractivity (Wildman–Crippen MR) is 73.3 cm³/mol. The molecule has 3 N–H and O–H groups in total. The molecule has 0 saturated heterocycles. The molecule has 1 rings (SSSR count). The van der Waals surface area contributed by atoms with Crippen molar-refractivity contribution in [2.45, 2.75) is 37.3 Å². The number of primary amides is 1. The number of carbonyl (C=O) groups is 1. The Morgan fingerprint density at radius 2 is 2.39 bits per heavy atom. The Morgan fingerprint density at radius 3 is 2.94 bits per heavy atom. The highest BCUT2D eigenvalue weighted by atomic mass is 32.2. The Hall–Kier alpha value is -1.14. The molecule has 1 unspecified atom stereocenters. The maximum absolute atomic E-state index is 11.5. The van der Waals surface area contributed by atoms with Crippen LogP contribution in [0.1, 0.15) is 26.7 Å². The van der Waals surface area contributed by atoms with Crippen molar-refractivity contribution in [1.82, 2.24) is 15.3 Å². The van der Waals surface area contributed by atoms with Crippen molar-refractivity contribution in [1.29, 1.82) is 0 Å². The number of hydrogen-bond donors (Lipinski definition) is 2. The Balaban J connectivity index is 2.45. The summed E-state index contributed by atoms with van der Waals surface area (Å²) in [6.07, 6.45) is 4.88. The van der Waals surface area contributed by atoms with Crippen LogP contribution in [0.2, 0.25) is 0 Å². The summed E-state index contributed by atoms with van der Waals surface area (Å²) < 4.78 is 0. The molecule has 0 radical (unpaired) electrons. The van der Waals surface area contributed by atoms with Gasteiger partial charge in [0.05, 0.1) is 10.6 Å². The summed E-state index contributed by atoms with van der Waals surface area (Å²) in [5, 5.41) is 4.12. The zero-order chi connectivity index (χ0) is 13.4. The van der Waals surface area contributed by atoms with Gasteiger partial charge < -0.3 is 11.1 Å². The van der Waals surface area contributed by atoms with Gasteiger partial charge in [0.1, 0.15) is 6.33 Å². The fourth-order valence-corrected chi connectivity index (χ4v) is 2.42. The summed E-state index contributed by atoms with van der Waals surface area (Å²) in [5.74, 6) is 0.479. The minimum absolute atomic E-state index is 0.306. The van der Waals surface area contributed by atoms with Crippen LogP contribution in [0.3, 0.4) is 0 Å². The molecule has 100 valence electrons. The fraction of sp³-hybridized carbons (Fsp3) is 0.583. The average molecular weight is 268 g/mol. The third-order valence-electron chi connectivity index (χ3n) is 2.72. The van der Waals surface area contributed by atoms with Gasteiger partial charge in [0, 0.05) is 11.9 Å². The normalized spacial score (nSPS) is 14.1. The molecule has 5 nitrogen and oxygen atoms in total. The van der Waals surface area contributed by atoms with Gasteiger partial charge in [-0.1, -0.05) is 6.92 Å². The zero-order valence-corrected chi connectivity index (χ0v) is 11.7. The fourth-order valence-electron chi connectivity index (χ4n) is 1.42. The number of rotatable bonds is 8. The first-order valence-electron chi connectivity index (χ1n) is 6.02. The van der Waals surface area contributed by atoms with E-state index in [1.807, 2.05) is 13.0 Å². The lowest BCUT2D eigenvalue weighted by molar-refractivity contribution is -0.123. The SMILES string of the molecule is CCCNC(C)(CCSc1ccncn1)C(N)=O. The standard InChI is InChI=1S/C12H20N4OS/c1-3-6-16-12(2,11(13)17)5-8-18-10-4-7-14-9-15-10/h4,7,9,16H,3,5-6,8H2,1-2H3,(H2,13,17). The van der Waals surface area contributed by atoms with E-state index in [2.05, 4.69) is 22.2 Å². The molecule has 0 aliphatic carbocycles. The minimum atomic E-state index is -0.643. The molecular formula is C12H20N4OS. The number of aromatic nitrogens is 2. The van der Waals surface area contributed by atoms with Crippen LogP contribution in [0, 0.1) is 0 Å². The molecule has 0 saturated carbocycles. The van der Waals surface area contributed by atoms with E-state index in [0.717, 1.165) is 23.7 Å². The number of nitrogens with one attached hydrogen (secondary N) is 1. The van der Waals surface area contributed by atoms with Gasteiger partial charge in [0.15, 0.2) is 0 Å². The van der Waals surface area contributed by atoms with E-state index in [4.69, 9.17) is 5.73 Å². The van der Waals surface area contributed by atoms with Crippen LogP contribution in [0.25, 0.3) is 0 Å². The van der Waals surface area contributed by atoms with Crippen molar-refractivity contribution in [3.05, 3.63) is 18.6 Å². The number of nitrogens with zero attached hydrogens (tertiary/aromatic N) is 2. The highest BCUT2D eigenvalue weighted by Gasteiger charge is 2.29. The van der Waals surface area contributed by atoms with Crippen LogP contribution in [-0.4, -0.2) is 33.7 Å². The highest BCUT2D eigenvalue weighted by molar-refractivity contribution is 7.99. The summed E-state index contributed by atoms with van der Waals surface area (Å²) >= 11 is 1.60. The molecule has 0 bridgehead atoms. The first-order chi connectivity index (χ1) is 8.58. The lowest BCUT2D eigenvalue weighted by Crippen LogP contribution is -2.53. The smallest absolute Gasteiger partial charge is 0.237 e. The van der Waals surface area contributed by atoms with E-state index in [1.54, 1.807) is 18.0 Å². The Bertz CT molecular complexity index is 374. The molecule has 0 aromatic carbocycles. The maximum Gasteiger partial charge on any atom is 0.237 e. The molecular weight excluding hydrogens is 248 g/mol. The highest BCUT2D eigenvalue weighted by Crippen LogP contribution is 2.19. The third-order valence-corrected chi connectivity index (χ3v) is 3.66. The number of nitrogens with two attached hydrogens (primary N) is 1. The van der Waals surface area contributed by atoms with E-state index in [9.17, 15) is 4.79 Å². The van der Waals surface area contributed by atoms with Gasteiger partial charge in [0.25, 0.3) is 0 Å². The average Bonchev–Trinajstić information content (AvgIpc) is 2.37. The topological polar surface area (TPSA) is 80.9 Å². The number of amides is 1. The van der Waals surface area contributed by atoms with Crippen LogP contribution in [-0.2, 0) is 4.79 Å². The van der Waals surface area contributed by atoms with Gasteiger partial charge in [-0.25, -0.2) is 9.97 Å². The summed E-state index contributed by atoms with van der Waals surface area (Å²) in [6, 6.07) is 1.85. The van der Waals surface area contributed by atoms with Crippen LogP contribution < -0.4 is 11.1 Å². The molecule has 0 aliphatic heterocycles. The molecule has 1 aromatic heterocycles. The van der Waals surface area contributed by atoms with Crippen molar-refractivity contribution in [2.75, 3.05) is 12.3 Å². The van der Waals surface area contributed by atoms with E-state index in [-0.39, 0.29) is 5.91 Å². The Kier molecular flexibility index (Phi) is 6.07. The molecule has 1 atom stereocenters. The van der Waals surface area contributed by atoms with Crippen molar-refractivity contribution >= 4 is 17.7 Å². The summed E-state index contributed by atoms with van der Waals surface area (Å²) in [6.45, 7) is 4.70. The van der Waals surface area contributed by atoms with Crippen LogP contribution in [0.15, 0.2) is 23.6 Å². The summed E-state index contributed by atoms with van der Waals surface area (Å²) in [5.41, 5.74) is 4.81. The van der Waals surface area contributed by atoms with Gasteiger partial charge in [0.2, 0.25) is 5.91 Å². The van der Waals surface area contributed by atoms with Gasteiger partial charge >= 0.3 is 0 Å². The van der Waals surface area contributed by atoms with E-state index >= 15 is 0 Å². The summed E-state index contributed by atoms with van der Waals surface area (Å²) in [7, 11) is 0. The van der Waals surface area contributed by atoms with Crippen molar-refractivity contribution in [3.63, 3.8) is 0 Å². The van der Waals surface area contributed by atoms with E-state index in [1.165, 1.54) is 6.33 Å². The van der Waals surface area contributed by atoms with Crippen LogP contribution in [0.4, 0.5) is 0 Å². The van der Waals surface area contributed by atoms with Gasteiger partial charge in [-0.2, -0.15) is 0 Å². The van der Waals surface area contributed by atoms with Gasteiger partial charge in [-0.05, 0) is 32.4 Å². The lowest BCUT2D eigenvalue weighted by Gasteiger charge is -2.27. The Morgan fingerprint density at radius 1 is 1.61 bits per heavy atom. The molecule has 18 heavy (non-hydrogen) atoms. The molecule has 0 spiro atoms. The van der Waals surface area contributed by atoms with Crippen LogP contribution in [0.5, 0.6) is 0 Å². The van der Waals surface area contributed by atoms with Crippen molar-refractivity contribution in [2.24, 2.45) is 5.73 Å². The van der Waals surface area contributed by atoms with Crippen LogP contribution >= 0.6 is 11.8 Å². The predicted octanol–water partition coefficient (Wildman–Crippen LogP) is 1.20. The number of thioether (sulfide) groups is 1. The second-order valence-electron chi connectivity index (χ2n) is 4.27. The minimum Gasteiger partial charge on any atom is -0.368 e. The molecule has 1 heterocycles. The quantitative estimate of drug-likeness (QED) is 0.547. The monoisotopic (exact) mass is 268 g/mol. The molecule has 0 fully saturated rings. The number of carbonyl (C=O) groups excluding carboxylic acids is 1. The van der Waals surface area contributed by atoms with Crippen molar-refractivity contribution in [3.8, 4) is 0 Å². The third kappa shape index (κ3) is 4.62. The molecule has 0 aliphatic rings. The second-order valence-corrected chi connectivity index (χ2v) is 5.38. The maximum atomic E-state index is 11.5.